The van der Waals surface area contributed by atoms with E-state index in [1.165, 1.54) is 23.0 Å². The number of methoxy groups -OCH3 is 1. The highest BCUT2D eigenvalue weighted by molar-refractivity contribution is 7.07. The minimum Gasteiger partial charge on any atom is -0.466 e. The SMILES string of the molecule is COC(=O)C1=C(C)N=c2sc(=Cc3ccc(C)o3)c(=O)n2[C@@H]1c1ccccc1Cl. The van der Waals surface area contributed by atoms with Gasteiger partial charge in [0.05, 0.1) is 22.9 Å². The zero-order chi connectivity index (χ0) is 20.7. The minimum absolute atomic E-state index is 0.276. The third-order valence-corrected chi connectivity index (χ3v) is 5.99. The summed E-state index contributed by atoms with van der Waals surface area (Å²) in [6, 6.07) is 10.0. The molecule has 8 heteroatoms. The average Bonchev–Trinajstić information content (AvgIpc) is 3.24. The number of carbonyl (C=O) groups is 1. The Morgan fingerprint density at radius 1 is 1.28 bits per heavy atom. The van der Waals surface area contributed by atoms with Gasteiger partial charge in [0.2, 0.25) is 0 Å². The monoisotopic (exact) mass is 428 g/mol. The standard InChI is InChI=1S/C21H17ClN2O4S/c1-11-8-9-13(28-11)10-16-19(25)24-18(14-6-4-5-7-15(14)22)17(20(26)27-3)12(2)23-21(24)29-16/h4-10,18H,1-3H3/t18-/m1/s1. The Balaban J connectivity index is 2.01. The Morgan fingerprint density at radius 3 is 2.69 bits per heavy atom. The number of aryl methyl sites for hydroxylation is 1. The number of carbonyl (C=O) groups excluding carboxylic acids is 1. The first kappa shape index (κ1) is 19.4. The number of fused-ring (bicyclic) bond motifs is 1. The predicted molar refractivity (Wildman–Crippen MR) is 111 cm³/mol. The highest BCUT2D eigenvalue weighted by Crippen LogP contribution is 2.34. The molecule has 1 aliphatic heterocycles. The molecule has 1 aromatic carbocycles. The lowest BCUT2D eigenvalue weighted by Gasteiger charge is -2.25. The molecule has 4 rings (SSSR count). The molecule has 3 heterocycles. The summed E-state index contributed by atoms with van der Waals surface area (Å²) in [5.74, 6) is 0.778. The van der Waals surface area contributed by atoms with E-state index in [1.807, 2.05) is 19.1 Å². The number of halogens is 1. The van der Waals surface area contributed by atoms with Crippen LogP contribution in [-0.4, -0.2) is 17.6 Å². The number of ether oxygens (including phenoxy) is 1. The van der Waals surface area contributed by atoms with Crippen molar-refractivity contribution in [3.05, 3.63) is 89.5 Å². The molecule has 0 spiro atoms. The fraction of sp³-hybridized carbons (Fsp3) is 0.190. The van der Waals surface area contributed by atoms with Crippen LogP contribution in [0.15, 0.2) is 61.9 Å². The molecule has 0 bridgehead atoms. The van der Waals surface area contributed by atoms with Gasteiger partial charge in [-0.05, 0) is 37.6 Å². The first-order chi connectivity index (χ1) is 13.9. The second-order valence-corrected chi connectivity index (χ2v) is 7.96. The second kappa shape index (κ2) is 7.50. The van der Waals surface area contributed by atoms with Crippen molar-refractivity contribution in [1.82, 2.24) is 4.57 Å². The van der Waals surface area contributed by atoms with E-state index in [0.717, 1.165) is 5.76 Å². The lowest BCUT2D eigenvalue weighted by Crippen LogP contribution is -2.39. The quantitative estimate of drug-likeness (QED) is 0.601. The van der Waals surface area contributed by atoms with Crippen LogP contribution in [0.5, 0.6) is 0 Å². The summed E-state index contributed by atoms with van der Waals surface area (Å²) in [6.45, 7) is 3.56. The van der Waals surface area contributed by atoms with Gasteiger partial charge in [-0.15, -0.1) is 0 Å². The van der Waals surface area contributed by atoms with Crippen molar-refractivity contribution < 1.29 is 13.9 Å². The summed E-state index contributed by atoms with van der Waals surface area (Å²) in [6.07, 6.45) is 1.68. The number of hydrogen-bond acceptors (Lipinski definition) is 6. The van der Waals surface area contributed by atoms with Crippen LogP contribution in [0.4, 0.5) is 0 Å². The number of furan rings is 1. The summed E-state index contributed by atoms with van der Waals surface area (Å²) in [5, 5.41) is 0.449. The molecule has 1 atom stereocenters. The zero-order valence-electron chi connectivity index (χ0n) is 15.9. The third kappa shape index (κ3) is 3.36. The van der Waals surface area contributed by atoms with Gasteiger partial charge in [0, 0.05) is 11.1 Å². The number of allylic oxidation sites excluding steroid dienone is 1. The summed E-state index contributed by atoms with van der Waals surface area (Å²) < 4.78 is 12.5. The van der Waals surface area contributed by atoms with Crippen LogP contribution >= 0.6 is 22.9 Å². The van der Waals surface area contributed by atoms with Crippen LogP contribution in [0.1, 0.15) is 30.0 Å². The molecule has 6 nitrogen and oxygen atoms in total. The highest BCUT2D eigenvalue weighted by Gasteiger charge is 2.34. The Bertz CT molecular complexity index is 1330. The normalized spacial score (nSPS) is 16.6. The molecule has 3 aromatic rings. The van der Waals surface area contributed by atoms with Gasteiger partial charge in [0.1, 0.15) is 17.6 Å². The first-order valence-corrected chi connectivity index (χ1v) is 10.0. The van der Waals surface area contributed by atoms with Gasteiger partial charge in [0.15, 0.2) is 4.80 Å². The molecular weight excluding hydrogens is 412 g/mol. The van der Waals surface area contributed by atoms with Crippen molar-refractivity contribution in [2.24, 2.45) is 4.99 Å². The number of thiazole rings is 1. The van der Waals surface area contributed by atoms with Crippen LogP contribution in [0.2, 0.25) is 5.02 Å². The maximum atomic E-state index is 13.3. The van der Waals surface area contributed by atoms with Crippen LogP contribution < -0.4 is 14.9 Å². The number of aromatic nitrogens is 1. The number of benzene rings is 1. The Labute approximate surface area is 175 Å². The molecular formula is C21H17ClN2O4S. The van der Waals surface area contributed by atoms with E-state index in [0.29, 0.717) is 31.4 Å². The van der Waals surface area contributed by atoms with Crippen molar-refractivity contribution in [1.29, 1.82) is 0 Å². The van der Waals surface area contributed by atoms with E-state index in [4.69, 9.17) is 20.8 Å². The summed E-state index contributed by atoms with van der Waals surface area (Å²) in [7, 11) is 1.30. The largest absolute Gasteiger partial charge is 0.466 e. The van der Waals surface area contributed by atoms with Crippen LogP contribution in [0.3, 0.4) is 0 Å². The molecule has 0 unspecified atom stereocenters. The van der Waals surface area contributed by atoms with Crippen molar-refractivity contribution in [3.63, 3.8) is 0 Å². The molecule has 29 heavy (non-hydrogen) atoms. The van der Waals surface area contributed by atoms with Gasteiger partial charge < -0.3 is 9.15 Å². The number of esters is 1. The van der Waals surface area contributed by atoms with Gasteiger partial charge in [-0.2, -0.15) is 0 Å². The second-order valence-electron chi connectivity index (χ2n) is 6.54. The van der Waals surface area contributed by atoms with E-state index in [9.17, 15) is 9.59 Å². The first-order valence-electron chi connectivity index (χ1n) is 8.82. The van der Waals surface area contributed by atoms with Gasteiger partial charge >= 0.3 is 5.97 Å². The van der Waals surface area contributed by atoms with Crippen LogP contribution in [0.25, 0.3) is 6.08 Å². The van der Waals surface area contributed by atoms with Gasteiger partial charge in [0.25, 0.3) is 5.56 Å². The van der Waals surface area contributed by atoms with Crippen LogP contribution in [-0.2, 0) is 9.53 Å². The fourth-order valence-corrected chi connectivity index (χ4v) is 4.61. The van der Waals surface area contributed by atoms with E-state index in [2.05, 4.69) is 4.99 Å². The number of rotatable bonds is 3. The molecule has 1 aliphatic rings. The van der Waals surface area contributed by atoms with Crippen molar-refractivity contribution in [3.8, 4) is 0 Å². The Hall–Kier alpha value is -2.90. The molecule has 0 saturated carbocycles. The topological polar surface area (TPSA) is 73.8 Å². The average molecular weight is 429 g/mol. The molecule has 0 saturated heterocycles. The molecule has 0 amide bonds. The van der Waals surface area contributed by atoms with Gasteiger partial charge in [-0.1, -0.05) is 41.1 Å². The molecule has 0 aliphatic carbocycles. The third-order valence-electron chi connectivity index (χ3n) is 4.66. The van der Waals surface area contributed by atoms with Gasteiger partial charge in [-0.25, -0.2) is 9.79 Å². The summed E-state index contributed by atoms with van der Waals surface area (Å²) in [5.41, 5.74) is 1.13. The lowest BCUT2D eigenvalue weighted by molar-refractivity contribution is -0.136. The summed E-state index contributed by atoms with van der Waals surface area (Å²) in [4.78, 5) is 30.9. The maximum absolute atomic E-state index is 13.3. The highest BCUT2D eigenvalue weighted by atomic mass is 35.5. The fourth-order valence-electron chi connectivity index (χ4n) is 3.34. The van der Waals surface area contributed by atoms with Crippen molar-refractivity contribution in [2.45, 2.75) is 19.9 Å². The molecule has 0 N–H and O–H groups in total. The Kier molecular flexibility index (Phi) is 5.02. The molecule has 148 valence electrons. The Morgan fingerprint density at radius 2 is 2.03 bits per heavy atom. The predicted octanol–water partition coefficient (Wildman–Crippen LogP) is 2.96. The number of nitrogens with zero attached hydrogens (tertiary/aromatic N) is 2. The zero-order valence-corrected chi connectivity index (χ0v) is 17.5. The minimum atomic E-state index is -0.729. The van der Waals surface area contributed by atoms with Crippen molar-refractivity contribution in [2.75, 3.05) is 7.11 Å². The van der Waals surface area contributed by atoms with Gasteiger partial charge in [-0.3, -0.25) is 9.36 Å². The van der Waals surface area contributed by atoms with E-state index in [-0.39, 0.29) is 11.1 Å². The summed E-state index contributed by atoms with van der Waals surface area (Å²) >= 11 is 7.67. The maximum Gasteiger partial charge on any atom is 0.338 e. The molecule has 2 aromatic heterocycles. The smallest absolute Gasteiger partial charge is 0.338 e. The van der Waals surface area contributed by atoms with E-state index >= 15 is 0 Å². The molecule has 0 fully saturated rings. The lowest BCUT2D eigenvalue weighted by atomic mass is 9.96. The van der Waals surface area contributed by atoms with Crippen LogP contribution in [0, 0.1) is 6.92 Å². The van der Waals surface area contributed by atoms with E-state index in [1.54, 1.807) is 37.3 Å². The number of hydrogen-bond donors (Lipinski definition) is 0. The molecule has 0 radical (unpaired) electrons. The van der Waals surface area contributed by atoms with E-state index < -0.39 is 12.0 Å². The van der Waals surface area contributed by atoms with Crippen molar-refractivity contribution >= 4 is 35.0 Å².